The third-order valence-corrected chi connectivity index (χ3v) is 17.0. The fourth-order valence-corrected chi connectivity index (χ4v) is 12.7. The molecule has 1 heterocycles. The first kappa shape index (κ1) is 53.4. The van der Waals surface area contributed by atoms with E-state index in [1.54, 1.807) is 0 Å². The molecule has 3 nitrogen and oxygen atoms in total. The molecule has 408 valence electrons. The number of aryl methyl sites for hydroxylation is 4. The first-order valence-electron chi connectivity index (χ1n) is 29.6. The first-order chi connectivity index (χ1) is 41.0. The van der Waals surface area contributed by atoms with E-state index >= 15 is 0 Å². The van der Waals surface area contributed by atoms with E-state index in [2.05, 4.69) is 329 Å². The van der Waals surface area contributed by atoms with Crippen LogP contribution in [0.4, 0.5) is 34.1 Å². The summed E-state index contributed by atoms with van der Waals surface area (Å²) >= 11 is 0. The van der Waals surface area contributed by atoms with Crippen LogP contribution in [0, 0.1) is 27.7 Å². The Morgan fingerprint density at radius 3 is 1.15 bits per heavy atom. The standard InChI is InChI=1S/C79H63N3.C2H6/c1-52-21-33-63(34-22-52)80(64-35-23-53(2)24-36-64)68-45-61(46-69(51-68)81(65-37-25-54(3)26-38-65)66-39-27-55(4)28-40-66)62-49-71(78-74(50-62)70-19-13-14-20-75(70)79(78,5)6)60-32-44-77-73(48-60)72-47-59(57-17-11-8-12-18-57)31-43-76(72)82(77)67-41-29-58(30-42-67)56-15-9-7-10-16-56;1-2/h7-51H,1-6H3;1-2H3. The zero-order valence-corrected chi connectivity index (χ0v) is 49.3. The molecule has 84 heavy (non-hydrogen) atoms. The van der Waals surface area contributed by atoms with Crippen molar-refractivity contribution in [3.05, 3.63) is 306 Å². The van der Waals surface area contributed by atoms with Gasteiger partial charge in [0.2, 0.25) is 0 Å². The van der Waals surface area contributed by atoms with Crippen molar-refractivity contribution in [3.63, 3.8) is 0 Å². The molecule has 0 radical (unpaired) electrons. The van der Waals surface area contributed by atoms with Crippen LogP contribution in [0.2, 0.25) is 0 Å². The van der Waals surface area contributed by atoms with Crippen molar-refractivity contribution >= 4 is 55.9 Å². The summed E-state index contributed by atoms with van der Waals surface area (Å²) in [6.07, 6.45) is 0. The molecule has 0 saturated heterocycles. The van der Waals surface area contributed by atoms with Crippen molar-refractivity contribution in [1.82, 2.24) is 4.57 Å². The van der Waals surface area contributed by atoms with Crippen LogP contribution in [0.5, 0.6) is 0 Å². The molecule has 0 unspecified atom stereocenters. The minimum absolute atomic E-state index is 0.280. The van der Waals surface area contributed by atoms with Crippen LogP contribution in [0.3, 0.4) is 0 Å². The van der Waals surface area contributed by atoms with E-state index in [1.165, 1.54) is 99.7 Å². The summed E-state index contributed by atoms with van der Waals surface area (Å²) < 4.78 is 2.45. The highest BCUT2D eigenvalue weighted by Crippen LogP contribution is 2.55. The van der Waals surface area contributed by atoms with E-state index in [0.717, 1.165) is 50.9 Å². The number of benzene rings is 12. The van der Waals surface area contributed by atoms with Crippen LogP contribution in [0.1, 0.15) is 61.1 Å². The van der Waals surface area contributed by atoms with E-state index < -0.39 is 0 Å². The van der Waals surface area contributed by atoms with Gasteiger partial charge in [-0.25, -0.2) is 0 Å². The van der Waals surface area contributed by atoms with Crippen LogP contribution in [0.25, 0.3) is 83.1 Å². The lowest BCUT2D eigenvalue weighted by Gasteiger charge is -2.31. The Hall–Kier alpha value is -9.96. The van der Waals surface area contributed by atoms with Gasteiger partial charge in [0.25, 0.3) is 0 Å². The number of rotatable bonds is 11. The van der Waals surface area contributed by atoms with E-state index in [0.29, 0.717) is 0 Å². The van der Waals surface area contributed by atoms with Gasteiger partial charge < -0.3 is 14.4 Å². The molecule has 13 aromatic rings. The average molecular weight is 1080 g/mol. The predicted octanol–water partition coefficient (Wildman–Crippen LogP) is 23.0. The van der Waals surface area contributed by atoms with Gasteiger partial charge in [0.15, 0.2) is 0 Å². The monoisotopic (exact) mass is 1080 g/mol. The van der Waals surface area contributed by atoms with Crippen molar-refractivity contribution in [1.29, 1.82) is 0 Å². The van der Waals surface area contributed by atoms with Crippen molar-refractivity contribution < 1.29 is 0 Å². The summed E-state index contributed by atoms with van der Waals surface area (Å²) in [6, 6.07) is 102. The highest BCUT2D eigenvalue weighted by Gasteiger charge is 2.38. The Balaban J connectivity index is 0.00000326. The Morgan fingerprint density at radius 2 is 0.667 bits per heavy atom. The Morgan fingerprint density at radius 1 is 0.286 bits per heavy atom. The number of hydrogen-bond donors (Lipinski definition) is 0. The first-order valence-corrected chi connectivity index (χ1v) is 29.6. The number of hydrogen-bond acceptors (Lipinski definition) is 2. The van der Waals surface area contributed by atoms with E-state index in [1.807, 2.05) is 13.8 Å². The van der Waals surface area contributed by atoms with Gasteiger partial charge in [0.05, 0.1) is 11.0 Å². The lowest BCUT2D eigenvalue weighted by atomic mass is 9.78. The number of fused-ring (bicyclic) bond motifs is 6. The summed E-state index contributed by atoms with van der Waals surface area (Å²) in [6.45, 7) is 17.5. The Kier molecular flexibility index (Phi) is 14.0. The summed E-state index contributed by atoms with van der Waals surface area (Å²) in [4.78, 5) is 4.84. The summed E-state index contributed by atoms with van der Waals surface area (Å²) in [5.74, 6) is 0. The van der Waals surface area contributed by atoms with Gasteiger partial charge in [0, 0.05) is 56.0 Å². The van der Waals surface area contributed by atoms with Gasteiger partial charge in [-0.2, -0.15) is 0 Å². The molecule has 0 saturated carbocycles. The summed E-state index contributed by atoms with van der Waals surface area (Å²) in [5.41, 5.74) is 29.3. The van der Waals surface area contributed by atoms with Gasteiger partial charge in [-0.1, -0.05) is 208 Å². The molecule has 0 bridgehead atoms. The topological polar surface area (TPSA) is 11.4 Å². The van der Waals surface area contributed by atoms with Crippen molar-refractivity contribution in [3.8, 4) is 61.3 Å². The zero-order chi connectivity index (χ0) is 57.6. The maximum absolute atomic E-state index is 2.50. The molecule has 14 rings (SSSR count). The van der Waals surface area contributed by atoms with Gasteiger partial charge in [0.1, 0.15) is 0 Å². The zero-order valence-electron chi connectivity index (χ0n) is 49.3. The quantitative estimate of drug-likeness (QED) is 0.128. The van der Waals surface area contributed by atoms with Gasteiger partial charge >= 0.3 is 0 Å². The van der Waals surface area contributed by atoms with Crippen molar-refractivity contribution in [2.75, 3.05) is 9.80 Å². The molecule has 1 aromatic heterocycles. The second-order valence-corrected chi connectivity index (χ2v) is 22.9. The van der Waals surface area contributed by atoms with Crippen LogP contribution in [-0.2, 0) is 5.41 Å². The molecule has 1 aliphatic rings. The third-order valence-electron chi connectivity index (χ3n) is 17.0. The van der Waals surface area contributed by atoms with Gasteiger partial charge in [-0.15, -0.1) is 0 Å². The molecule has 0 N–H and O–H groups in total. The average Bonchev–Trinajstić information content (AvgIpc) is 1.73. The highest BCUT2D eigenvalue weighted by atomic mass is 15.2. The van der Waals surface area contributed by atoms with Crippen molar-refractivity contribution in [2.45, 2.75) is 60.8 Å². The fraction of sp³-hybridized carbons (Fsp3) is 0.111. The fourth-order valence-electron chi connectivity index (χ4n) is 12.7. The van der Waals surface area contributed by atoms with Crippen LogP contribution < -0.4 is 9.80 Å². The molecule has 1 aliphatic carbocycles. The third kappa shape index (κ3) is 9.76. The van der Waals surface area contributed by atoms with Crippen LogP contribution in [0.15, 0.2) is 273 Å². The Labute approximate surface area is 496 Å². The molecule has 0 spiro atoms. The molecule has 0 fully saturated rings. The Bertz CT molecular complexity index is 4310. The number of nitrogens with zero attached hydrogens (tertiary/aromatic N) is 3. The lowest BCUT2D eigenvalue weighted by molar-refractivity contribution is 0.662. The molecular weight excluding hydrogens is 1010 g/mol. The maximum Gasteiger partial charge on any atom is 0.0541 e. The second-order valence-electron chi connectivity index (χ2n) is 22.9. The van der Waals surface area contributed by atoms with Gasteiger partial charge in [-0.3, -0.25) is 0 Å². The minimum atomic E-state index is -0.280. The molecule has 0 aliphatic heterocycles. The largest absolute Gasteiger partial charge is 0.310 e. The minimum Gasteiger partial charge on any atom is -0.310 e. The molecule has 0 amide bonds. The van der Waals surface area contributed by atoms with Crippen LogP contribution >= 0.6 is 0 Å². The van der Waals surface area contributed by atoms with E-state index in [9.17, 15) is 0 Å². The van der Waals surface area contributed by atoms with E-state index in [-0.39, 0.29) is 5.41 Å². The second kappa shape index (κ2) is 22.1. The molecule has 0 atom stereocenters. The lowest BCUT2D eigenvalue weighted by Crippen LogP contribution is -2.16. The predicted molar refractivity (Wildman–Crippen MR) is 360 cm³/mol. The summed E-state index contributed by atoms with van der Waals surface area (Å²) in [5, 5.41) is 2.44. The highest BCUT2D eigenvalue weighted by molar-refractivity contribution is 6.12. The van der Waals surface area contributed by atoms with Crippen molar-refractivity contribution in [2.24, 2.45) is 0 Å². The number of anilines is 6. The molecule has 12 aromatic carbocycles. The smallest absolute Gasteiger partial charge is 0.0541 e. The van der Waals surface area contributed by atoms with Gasteiger partial charge in [-0.05, 0) is 210 Å². The molecule has 3 heteroatoms. The van der Waals surface area contributed by atoms with Crippen LogP contribution in [-0.4, -0.2) is 4.57 Å². The van der Waals surface area contributed by atoms with E-state index in [4.69, 9.17) is 0 Å². The molecular formula is C81H69N3. The number of aromatic nitrogens is 1. The summed E-state index contributed by atoms with van der Waals surface area (Å²) in [7, 11) is 0. The SMILES string of the molecule is CC.Cc1ccc(N(c2ccc(C)cc2)c2cc(-c3cc(-c4ccc5c(c4)c4cc(-c6ccccc6)ccc4n5-c4ccc(-c5ccccc5)cc4)c4c(c3)-c3ccccc3C4(C)C)cc(N(c3ccc(C)cc3)c3ccc(C)cc3)c2)cc1. The maximum atomic E-state index is 2.50. The normalized spacial score (nSPS) is 12.1.